The molecule has 3 aromatic carbocycles. The maximum atomic E-state index is 14.6. The van der Waals surface area contributed by atoms with Gasteiger partial charge >= 0.3 is 0 Å². The van der Waals surface area contributed by atoms with Crippen LogP contribution in [0, 0.1) is 5.92 Å². The van der Waals surface area contributed by atoms with E-state index in [0.717, 1.165) is 16.8 Å². The molecule has 4 aromatic rings. The van der Waals surface area contributed by atoms with E-state index in [1.807, 2.05) is 77.0 Å². The van der Waals surface area contributed by atoms with Crippen molar-refractivity contribution in [1.29, 1.82) is 0 Å². The molecule has 3 aliphatic heterocycles. The molecule has 0 saturated carbocycles. The number of para-hydroxylation sites is 2. The third kappa shape index (κ3) is 3.08. The fourth-order valence-electron chi connectivity index (χ4n) is 6.48. The molecule has 1 spiro atoms. The highest BCUT2D eigenvalue weighted by atomic mass is 35.5. The first-order valence-electron chi connectivity index (χ1n) is 12.4. The molecule has 4 heterocycles. The standard InChI is InChI=1S/C31H21ClN2O3S/c32-20-14-11-19(12-15-20)28(35)26-27(29(36)24-10-5-17-38-24)34-23-9-4-1-6-18(23)13-16-25(34)31(26)21-7-2-3-8-22(21)33-30(31)37/h1-17,25-27H,(H,33,37)/t25-,26-,27+,31+/m1/s1. The number of fused-ring (bicyclic) bond motifs is 6. The number of amides is 1. The number of Topliss-reactive ketones (excluding diaryl/α,β-unsaturated/α-hetero) is 2. The van der Waals surface area contributed by atoms with Gasteiger partial charge in [-0.3, -0.25) is 14.4 Å². The van der Waals surface area contributed by atoms with Crippen LogP contribution < -0.4 is 10.2 Å². The minimum Gasteiger partial charge on any atom is -0.352 e. The Morgan fingerprint density at radius 1 is 0.895 bits per heavy atom. The van der Waals surface area contributed by atoms with Crippen LogP contribution in [-0.4, -0.2) is 29.6 Å². The molecule has 0 unspecified atom stereocenters. The topological polar surface area (TPSA) is 66.5 Å². The maximum absolute atomic E-state index is 14.6. The van der Waals surface area contributed by atoms with Gasteiger partial charge in [-0.05, 0) is 59.0 Å². The van der Waals surface area contributed by atoms with E-state index in [9.17, 15) is 14.4 Å². The van der Waals surface area contributed by atoms with E-state index in [1.165, 1.54) is 11.3 Å². The molecule has 1 amide bonds. The molecule has 0 bridgehead atoms. The van der Waals surface area contributed by atoms with E-state index in [0.29, 0.717) is 21.2 Å². The monoisotopic (exact) mass is 536 g/mol. The summed E-state index contributed by atoms with van der Waals surface area (Å²) < 4.78 is 0. The van der Waals surface area contributed by atoms with Crippen molar-refractivity contribution in [3.8, 4) is 0 Å². The lowest BCUT2D eigenvalue weighted by Gasteiger charge is -2.37. The van der Waals surface area contributed by atoms with Crippen LogP contribution in [-0.2, 0) is 10.2 Å². The van der Waals surface area contributed by atoms with E-state index in [1.54, 1.807) is 30.3 Å². The van der Waals surface area contributed by atoms with Gasteiger partial charge in [-0.25, -0.2) is 0 Å². The zero-order valence-corrected chi connectivity index (χ0v) is 21.6. The highest BCUT2D eigenvalue weighted by molar-refractivity contribution is 7.12. The minimum absolute atomic E-state index is 0.170. The van der Waals surface area contributed by atoms with Crippen molar-refractivity contribution in [3.05, 3.63) is 123 Å². The van der Waals surface area contributed by atoms with Gasteiger partial charge in [0.25, 0.3) is 0 Å². The second kappa shape index (κ2) is 8.51. The number of nitrogens with one attached hydrogen (secondary N) is 1. The van der Waals surface area contributed by atoms with E-state index in [4.69, 9.17) is 11.6 Å². The summed E-state index contributed by atoms with van der Waals surface area (Å²) in [5.41, 5.74) is 2.28. The van der Waals surface area contributed by atoms with Crippen molar-refractivity contribution in [3.63, 3.8) is 0 Å². The first kappa shape index (κ1) is 23.1. The number of carbonyl (C=O) groups is 3. The number of nitrogens with zero attached hydrogens (tertiary/aromatic N) is 1. The fraction of sp³-hybridized carbons (Fsp3) is 0.129. The number of ketones is 2. The fourth-order valence-corrected chi connectivity index (χ4v) is 7.30. The summed E-state index contributed by atoms with van der Waals surface area (Å²) in [6.45, 7) is 0. The maximum Gasteiger partial charge on any atom is 0.238 e. The highest BCUT2D eigenvalue weighted by Gasteiger charge is 2.70. The zero-order chi connectivity index (χ0) is 26.0. The molecule has 3 aliphatic rings. The second-order valence-corrected chi connectivity index (χ2v) is 11.2. The molecule has 7 rings (SSSR count). The lowest BCUT2D eigenvalue weighted by Crippen LogP contribution is -2.51. The number of benzene rings is 3. The van der Waals surface area contributed by atoms with Gasteiger partial charge < -0.3 is 10.2 Å². The van der Waals surface area contributed by atoms with Crippen molar-refractivity contribution in [2.24, 2.45) is 5.92 Å². The number of hydrogen-bond donors (Lipinski definition) is 1. The Morgan fingerprint density at radius 2 is 1.66 bits per heavy atom. The number of hydrogen-bond acceptors (Lipinski definition) is 5. The van der Waals surface area contributed by atoms with Gasteiger partial charge in [-0.1, -0.05) is 66.2 Å². The van der Waals surface area contributed by atoms with Gasteiger partial charge in [-0.15, -0.1) is 11.3 Å². The van der Waals surface area contributed by atoms with Gasteiger partial charge in [0.1, 0.15) is 11.5 Å². The number of anilines is 2. The Labute approximate surface area is 228 Å². The Morgan fingerprint density at radius 3 is 2.45 bits per heavy atom. The molecule has 1 saturated heterocycles. The molecule has 1 fully saturated rings. The summed E-state index contributed by atoms with van der Waals surface area (Å²) in [7, 11) is 0. The van der Waals surface area contributed by atoms with Crippen LogP contribution in [0.15, 0.2) is 96.4 Å². The first-order valence-corrected chi connectivity index (χ1v) is 13.6. The molecule has 186 valence electrons. The van der Waals surface area contributed by atoms with E-state index in [2.05, 4.69) is 5.32 Å². The third-order valence-corrected chi connectivity index (χ3v) is 9.12. The predicted octanol–water partition coefficient (Wildman–Crippen LogP) is 6.26. The molecule has 1 aromatic heterocycles. The molecule has 4 atom stereocenters. The Hall–Kier alpha value is -4.00. The van der Waals surface area contributed by atoms with Crippen molar-refractivity contribution in [2.75, 3.05) is 10.2 Å². The molecule has 0 aliphatic carbocycles. The molecular weight excluding hydrogens is 516 g/mol. The second-order valence-electron chi connectivity index (χ2n) is 9.77. The average Bonchev–Trinajstić information content (AvgIpc) is 3.65. The van der Waals surface area contributed by atoms with Crippen molar-refractivity contribution < 1.29 is 14.4 Å². The SMILES string of the molecule is O=C(c1cccs1)[C@@H]1[C@H](C(=O)c2ccc(Cl)cc2)[C@@]2(C(=O)Nc3ccccc32)[C@H]2C=Cc3ccccc3N12. The van der Waals surface area contributed by atoms with E-state index < -0.39 is 23.4 Å². The summed E-state index contributed by atoms with van der Waals surface area (Å²) in [6.07, 6.45) is 3.97. The highest BCUT2D eigenvalue weighted by Crippen LogP contribution is 2.58. The van der Waals surface area contributed by atoms with E-state index in [-0.39, 0.29) is 17.5 Å². The lowest BCUT2D eigenvalue weighted by molar-refractivity contribution is -0.121. The summed E-state index contributed by atoms with van der Waals surface area (Å²) >= 11 is 7.49. The van der Waals surface area contributed by atoms with Gasteiger partial charge in [-0.2, -0.15) is 0 Å². The average molecular weight is 537 g/mol. The summed E-state index contributed by atoms with van der Waals surface area (Å²) in [4.78, 5) is 45.8. The van der Waals surface area contributed by atoms with Crippen LogP contribution in [0.5, 0.6) is 0 Å². The molecule has 5 nitrogen and oxygen atoms in total. The predicted molar refractivity (Wildman–Crippen MR) is 150 cm³/mol. The summed E-state index contributed by atoms with van der Waals surface area (Å²) in [5.74, 6) is -1.69. The van der Waals surface area contributed by atoms with Crippen LogP contribution >= 0.6 is 22.9 Å². The quantitative estimate of drug-likeness (QED) is 0.313. The Kier molecular flexibility index (Phi) is 5.18. The smallest absolute Gasteiger partial charge is 0.238 e. The lowest BCUT2D eigenvalue weighted by atomic mass is 9.64. The molecular formula is C31H21ClN2O3S. The Bertz CT molecular complexity index is 1650. The largest absolute Gasteiger partial charge is 0.352 e. The number of thiophene rings is 1. The Balaban J connectivity index is 1.54. The number of carbonyl (C=O) groups excluding carboxylic acids is 3. The van der Waals surface area contributed by atoms with Crippen molar-refractivity contribution in [2.45, 2.75) is 17.5 Å². The van der Waals surface area contributed by atoms with Crippen LogP contribution in [0.1, 0.15) is 31.2 Å². The first-order chi connectivity index (χ1) is 18.5. The van der Waals surface area contributed by atoms with Gasteiger partial charge in [0, 0.05) is 22.0 Å². The summed E-state index contributed by atoms with van der Waals surface area (Å²) in [5, 5.41) is 5.41. The number of halogens is 1. The van der Waals surface area contributed by atoms with Gasteiger partial charge in [0.05, 0.1) is 16.8 Å². The van der Waals surface area contributed by atoms with E-state index >= 15 is 0 Å². The molecule has 7 heteroatoms. The van der Waals surface area contributed by atoms with Crippen molar-refractivity contribution >= 4 is 57.9 Å². The summed E-state index contributed by atoms with van der Waals surface area (Å²) in [6, 6.07) is 24.1. The number of rotatable bonds is 4. The van der Waals surface area contributed by atoms with Gasteiger partial charge in [0.2, 0.25) is 5.91 Å². The van der Waals surface area contributed by atoms with Crippen LogP contribution in [0.25, 0.3) is 6.08 Å². The molecule has 0 radical (unpaired) electrons. The minimum atomic E-state index is -1.31. The molecule has 38 heavy (non-hydrogen) atoms. The zero-order valence-electron chi connectivity index (χ0n) is 20.0. The normalized spacial score (nSPS) is 24.6. The van der Waals surface area contributed by atoms with Crippen LogP contribution in [0.4, 0.5) is 11.4 Å². The van der Waals surface area contributed by atoms with Gasteiger partial charge in [0.15, 0.2) is 11.6 Å². The van der Waals surface area contributed by atoms with Crippen molar-refractivity contribution in [1.82, 2.24) is 0 Å². The third-order valence-electron chi connectivity index (χ3n) is 7.99. The molecule has 1 N–H and O–H groups in total. The van der Waals surface area contributed by atoms with Crippen LogP contribution in [0.2, 0.25) is 5.02 Å². The van der Waals surface area contributed by atoms with Crippen LogP contribution in [0.3, 0.4) is 0 Å².